The van der Waals surface area contributed by atoms with E-state index in [9.17, 15) is 9.59 Å². The molecule has 9 nitrogen and oxygen atoms in total. The van der Waals surface area contributed by atoms with Crippen molar-refractivity contribution in [2.75, 3.05) is 54.1 Å². The Hall–Kier alpha value is -4.50. The van der Waals surface area contributed by atoms with Crippen LogP contribution in [0.5, 0.6) is 0 Å². The van der Waals surface area contributed by atoms with E-state index in [0.717, 1.165) is 46.8 Å². The summed E-state index contributed by atoms with van der Waals surface area (Å²) in [6, 6.07) is 15.7. The SMILES string of the molecule is C=CC(=O)N1CCN(c2cc3cncnc3n(-c3ccc(N4CCOCC4)cc3)c2=O)c2cccc(C)c21. The maximum Gasteiger partial charge on any atom is 0.280 e. The highest BCUT2D eigenvalue weighted by atomic mass is 16.5. The van der Waals surface area contributed by atoms with E-state index < -0.39 is 0 Å². The van der Waals surface area contributed by atoms with Gasteiger partial charge in [0.1, 0.15) is 12.0 Å². The predicted octanol–water partition coefficient (Wildman–Crippen LogP) is 3.60. The molecule has 0 radical (unpaired) electrons. The second-order valence-electron chi connectivity index (χ2n) is 9.38. The van der Waals surface area contributed by atoms with Crippen LogP contribution in [-0.2, 0) is 9.53 Å². The highest BCUT2D eigenvalue weighted by Crippen LogP contribution is 2.39. The number of para-hydroxylation sites is 1. The first-order chi connectivity index (χ1) is 18.6. The number of carbonyl (C=O) groups is 1. The number of ether oxygens (including phenoxy) is 1. The van der Waals surface area contributed by atoms with Gasteiger partial charge < -0.3 is 19.4 Å². The fourth-order valence-electron chi connectivity index (χ4n) is 5.33. The number of rotatable bonds is 4. The number of fused-ring (bicyclic) bond motifs is 2. The van der Waals surface area contributed by atoms with Gasteiger partial charge in [-0.2, -0.15) is 0 Å². The van der Waals surface area contributed by atoms with Crippen LogP contribution in [0.3, 0.4) is 0 Å². The van der Waals surface area contributed by atoms with Crippen LogP contribution >= 0.6 is 0 Å². The molecule has 1 saturated heterocycles. The first kappa shape index (κ1) is 23.9. The van der Waals surface area contributed by atoms with E-state index in [4.69, 9.17) is 4.74 Å². The number of hydrogen-bond acceptors (Lipinski definition) is 7. The number of carbonyl (C=O) groups excluding carboxylic acids is 1. The molecule has 2 aromatic heterocycles. The number of hydrogen-bond donors (Lipinski definition) is 0. The van der Waals surface area contributed by atoms with Crippen LogP contribution in [0.2, 0.25) is 0 Å². The molecule has 1 fully saturated rings. The van der Waals surface area contributed by atoms with Gasteiger partial charge in [-0.3, -0.25) is 14.2 Å². The summed E-state index contributed by atoms with van der Waals surface area (Å²) >= 11 is 0. The molecule has 0 aliphatic carbocycles. The standard InChI is InChI=1S/C29H28N6O3/c1-3-26(36)34-12-11-33(24-6-4-5-20(2)27(24)34)25-17-21-18-30-19-31-28(21)35(29(25)37)23-9-7-22(8-10-23)32-13-15-38-16-14-32/h3-10,17-19H,1,11-16H2,2H3. The minimum Gasteiger partial charge on any atom is -0.378 e. The third-order valence-corrected chi connectivity index (χ3v) is 7.18. The summed E-state index contributed by atoms with van der Waals surface area (Å²) in [6.45, 7) is 9.61. The Balaban J connectivity index is 1.49. The molecule has 1 amide bonds. The van der Waals surface area contributed by atoms with Crippen molar-refractivity contribution < 1.29 is 9.53 Å². The first-order valence-corrected chi connectivity index (χ1v) is 12.7. The highest BCUT2D eigenvalue weighted by Gasteiger charge is 2.30. The molecular weight excluding hydrogens is 480 g/mol. The Kier molecular flexibility index (Phi) is 6.13. The summed E-state index contributed by atoms with van der Waals surface area (Å²) in [5.41, 5.74) is 5.20. The average Bonchev–Trinajstić information content (AvgIpc) is 2.97. The number of aryl methyl sites for hydroxylation is 1. The van der Waals surface area contributed by atoms with E-state index in [0.29, 0.717) is 37.6 Å². The number of aromatic nitrogens is 3. The highest BCUT2D eigenvalue weighted by molar-refractivity contribution is 6.05. The molecule has 192 valence electrons. The zero-order valence-electron chi connectivity index (χ0n) is 21.2. The monoisotopic (exact) mass is 508 g/mol. The number of morpholine rings is 1. The summed E-state index contributed by atoms with van der Waals surface area (Å²) < 4.78 is 7.12. The van der Waals surface area contributed by atoms with Crippen LogP contribution < -0.4 is 20.3 Å². The molecule has 38 heavy (non-hydrogen) atoms. The Labute approximate surface area is 220 Å². The van der Waals surface area contributed by atoms with Crippen LogP contribution in [0.4, 0.5) is 22.7 Å². The average molecular weight is 509 g/mol. The van der Waals surface area contributed by atoms with E-state index >= 15 is 0 Å². The third kappa shape index (κ3) is 4.01. The van der Waals surface area contributed by atoms with Gasteiger partial charge in [0.05, 0.1) is 30.3 Å². The normalized spacial score (nSPS) is 15.4. The van der Waals surface area contributed by atoms with Crippen molar-refractivity contribution in [2.45, 2.75) is 6.92 Å². The first-order valence-electron chi connectivity index (χ1n) is 12.7. The zero-order valence-corrected chi connectivity index (χ0v) is 21.2. The van der Waals surface area contributed by atoms with Crippen molar-refractivity contribution in [2.24, 2.45) is 0 Å². The largest absolute Gasteiger partial charge is 0.378 e. The summed E-state index contributed by atoms with van der Waals surface area (Å²) in [6.07, 6.45) is 4.50. The summed E-state index contributed by atoms with van der Waals surface area (Å²) in [7, 11) is 0. The van der Waals surface area contributed by atoms with Gasteiger partial charge >= 0.3 is 0 Å². The van der Waals surface area contributed by atoms with Crippen molar-refractivity contribution in [1.82, 2.24) is 14.5 Å². The van der Waals surface area contributed by atoms with Crippen molar-refractivity contribution >= 4 is 39.7 Å². The van der Waals surface area contributed by atoms with Crippen LogP contribution in [0.25, 0.3) is 16.7 Å². The van der Waals surface area contributed by atoms with Crippen molar-refractivity contribution in [3.63, 3.8) is 0 Å². The minimum atomic E-state index is -0.189. The molecule has 4 aromatic rings. The van der Waals surface area contributed by atoms with Gasteiger partial charge in [-0.25, -0.2) is 9.97 Å². The molecule has 0 atom stereocenters. The topological polar surface area (TPSA) is 83.8 Å². The van der Waals surface area contributed by atoms with E-state index in [1.807, 2.05) is 60.4 Å². The maximum absolute atomic E-state index is 14.2. The lowest BCUT2D eigenvalue weighted by Gasteiger charge is -2.38. The molecule has 0 bridgehead atoms. The van der Waals surface area contributed by atoms with Crippen molar-refractivity contribution in [1.29, 1.82) is 0 Å². The number of benzene rings is 2. The van der Waals surface area contributed by atoms with Crippen LogP contribution in [0, 0.1) is 6.92 Å². The molecule has 2 aliphatic rings. The van der Waals surface area contributed by atoms with Gasteiger partial charge in [-0.1, -0.05) is 18.7 Å². The van der Waals surface area contributed by atoms with Crippen LogP contribution in [0.15, 0.2) is 78.5 Å². The summed E-state index contributed by atoms with van der Waals surface area (Å²) in [5, 5.41) is 0.748. The maximum atomic E-state index is 14.2. The Morgan fingerprint density at radius 2 is 1.76 bits per heavy atom. The van der Waals surface area contributed by atoms with Gasteiger partial charge in [-0.05, 0) is 55.0 Å². The Bertz CT molecular complexity index is 1590. The molecular formula is C29H28N6O3. The second kappa shape index (κ2) is 9.75. The Morgan fingerprint density at radius 1 is 1.00 bits per heavy atom. The van der Waals surface area contributed by atoms with Gasteiger partial charge in [0.15, 0.2) is 5.65 Å². The smallest absolute Gasteiger partial charge is 0.280 e. The van der Waals surface area contributed by atoms with Gasteiger partial charge in [0.2, 0.25) is 0 Å². The van der Waals surface area contributed by atoms with Gasteiger partial charge in [-0.15, -0.1) is 0 Å². The van der Waals surface area contributed by atoms with Crippen LogP contribution in [0.1, 0.15) is 5.56 Å². The fraction of sp³-hybridized carbons (Fsp3) is 0.241. The number of nitrogens with zero attached hydrogens (tertiary/aromatic N) is 6. The molecule has 0 N–H and O–H groups in total. The minimum absolute atomic E-state index is 0.162. The molecule has 0 saturated carbocycles. The third-order valence-electron chi connectivity index (χ3n) is 7.18. The quantitative estimate of drug-likeness (QED) is 0.390. The lowest BCUT2D eigenvalue weighted by Crippen LogP contribution is -2.43. The summed E-state index contributed by atoms with van der Waals surface area (Å²) in [5.74, 6) is -0.162. The fourth-order valence-corrected chi connectivity index (χ4v) is 5.33. The van der Waals surface area contributed by atoms with Crippen molar-refractivity contribution in [3.05, 3.63) is 89.6 Å². The lowest BCUT2D eigenvalue weighted by atomic mass is 10.1. The zero-order chi connectivity index (χ0) is 26.2. The van der Waals surface area contributed by atoms with Gasteiger partial charge in [0, 0.05) is 43.4 Å². The van der Waals surface area contributed by atoms with E-state index in [-0.39, 0.29) is 11.5 Å². The van der Waals surface area contributed by atoms with Crippen molar-refractivity contribution in [3.8, 4) is 5.69 Å². The number of pyridine rings is 1. The van der Waals surface area contributed by atoms with Crippen LogP contribution in [-0.4, -0.2) is 59.8 Å². The van der Waals surface area contributed by atoms with E-state index in [1.165, 1.54) is 12.4 Å². The number of anilines is 4. The molecule has 2 aromatic carbocycles. The molecule has 0 unspecified atom stereocenters. The lowest BCUT2D eigenvalue weighted by molar-refractivity contribution is -0.114. The molecule has 9 heteroatoms. The number of amides is 1. The van der Waals surface area contributed by atoms with E-state index in [2.05, 4.69) is 21.4 Å². The van der Waals surface area contributed by atoms with Gasteiger partial charge in [0.25, 0.3) is 11.5 Å². The molecule has 4 heterocycles. The predicted molar refractivity (Wildman–Crippen MR) is 149 cm³/mol. The van der Waals surface area contributed by atoms with E-state index in [1.54, 1.807) is 15.7 Å². The molecule has 0 spiro atoms. The second-order valence-corrected chi connectivity index (χ2v) is 9.38. The Morgan fingerprint density at radius 3 is 2.53 bits per heavy atom. The summed E-state index contributed by atoms with van der Waals surface area (Å²) in [4.78, 5) is 41.5. The molecule has 2 aliphatic heterocycles. The molecule has 6 rings (SSSR count).